The average molecular weight is 438 g/mol. The molecule has 4 rings (SSSR count). The first kappa shape index (κ1) is 20.8. The van der Waals surface area contributed by atoms with Crippen LogP contribution in [0.15, 0.2) is 47.2 Å². The van der Waals surface area contributed by atoms with Crippen LogP contribution in [0.3, 0.4) is 0 Å². The van der Waals surface area contributed by atoms with Gasteiger partial charge in [-0.25, -0.2) is 19.2 Å². The Morgan fingerprint density at radius 2 is 1.91 bits per heavy atom. The zero-order valence-corrected chi connectivity index (χ0v) is 17.2. The topological polar surface area (TPSA) is 151 Å². The Balaban J connectivity index is 1.78. The lowest BCUT2D eigenvalue weighted by Gasteiger charge is -2.18. The number of nitrogens with two attached hydrogens (primary N) is 2. The minimum atomic E-state index is -0.678. The predicted molar refractivity (Wildman–Crippen MR) is 114 cm³/mol. The number of nitrogen functional groups attached to an aromatic ring is 2. The van der Waals surface area contributed by atoms with Gasteiger partial charge in [-0.05, 0) is 12.1 Å². The number of hydrogen-bond donors (Lipinski definition) is 2. The molecule has 4 aromatic rings. The monoisotopic (exact) mass is 438 g/mol. The minimum absolute atomic E-state index is 0.0351. The number of aromatic nitrogens is 5. The van der Waals surface area contributed by atoms with E-state index < -0.39 is 6.09 Å². The first-order valence-electron chi connectivity index (χ1n) is 9.36. The maximum Gasteiger partial charge on any atom is 0.413 e. The van der Waals surface area contributed by atoms with Gasteiger partial charge in [0.15, 0.2) is 17.5 Å². The van der Waals surface area contributed by atoms with Crippen LogP contribution in [0.1, 0.15) is 5.56 Å². The largest absolute Gasteiger partial charge is 0.452 e. The number of nitrogens with zero attached hydrogens (tertiary/aromatic N) is 6. The van der Waals surface area contributed by atoms with E-state index in [-0.39, 0.29) is 35.5 Å². The van der Waals surface area contributed by atoms with E-state index in [1.54, 1.807) is 35.0 Å². The van der Waals surface area contributed by atoms with E-state index >= 15 is 0 Å². The fourth-order valence-corrected chi connectivity index (χ4v) is 3.16. The van der Waals surface area contributed by atoms with Crippen molar-refractivity contribution in [3.05, 3.63) is 54.0 Å². The Hall–Kier alpha value is -4.48. The third kappa shape index (κ3) is 3.80. The second kappa shape index (κ2) is 8.34. The van der Waals surface area contributed by atoms with E-state index in [9.17, 15) is 9.18 Å². The third-order valence-corrected chi connectivity index (χ3v) is 4.71. The second-order valence-corrected chi connectivity index (χ2v) is 6.74. The smallest absolute Gasteiger partial charge is 0.413 e. The summed E-state index contributed by atoms with van der Waals surface area (Å²) < 4.78 is 25.4. The molecule has 0 bridgehead atoms. The molecule has 0 aliphatic rings. The molecule has 1 aromatic carbocycles. The van der Waals surface area contributed by atoms with Gasteiger partial charge in [-0.2, -0.15) is 5.10 Å². The summed E-state index contributed by atoms with van der Waals surface area (Å²) in [5.74, 6) is -0.311. The Morgan fingerprint density at radius 1 is 1.19 bits per heavy atom. The summed E-state index contributed by atoms with van der Waals surface area (Å²) in [6.45, 7) is 0.128. The van der Waals surface area contributed by atoms with Gasteiger partial charge in [-0.1, -0.05) is 23.4 Å². The first-order chi connectivity index (χ1) is 15.4. The van der Waals surface area contributed by atoms with Gasteiger partial charge in [-0.3, -0.25) is 9.58 Å². The summed E-state index contributed by atoms with van der Waals surface area (Å²) in [5, 5.41) is 8.45. The quantitative estimate of drug-likeness (QED) is 0.479. The van der Waals surface area contributed by atoms with E-state index in [2.05, 4.69) is 25.0 Å². The Kier molecular flexibility index (Phi) is 5.41. The third-order valence-electron chi connectivity index (χ3n) is 4.71. The number of rotatable bonds is 5. The molecule has 0 aliphatic carbocycles. The SMILES string of the molecule is COC(=O)N(C)c1c(N)nc(-c2cc(-c3ccon3)n(Cc3ccccc3F)n2)nc1N. The summed E-state index contributed by atoms with van der Waals surface area (Å²) in [7, 11) is 2.66. The van der Waals surface area contributed by atoms with Crippen molar-refractivity contribution in [1.29, 1.82) is 0 Å². The molecule has 3 heterocycles. The lowest BCUT2D eigenvalue weighted by atomic mass is 10.2. The normalized spacial score (nSPS) is 10.8. The Morgan fingerprint density at radius 3 is 2.53 bits per heavy atom. The highest BCUT2D eigenvalue weighted by molar-refractivity contribution is 5.94. The van der Waals surface area contributed by atoms with Gasteiger partial charge in [0.05, 0.1) is 19.3 Å². The zero-order chi connectivity index (χ0) is 22.8. The van der Waals surface area contributed by atoms with Gasteiger partial charge in [0.25, 0.3) is 0 Å². The van der Waals surface area contributed by atoms with Crippen molar-refractivity contribution < 1.29 is 18.4 Å². The van der Waals surface area contributed by atoms with E-state index in [0.29, 0.717) is 22.6 Å². The summed E-state index contributed by atoms with van der Waals surface area (Å²) in [5.41, 5.74) is 14.0. The van der Waals surface area contributed by atoms with Crippen LogP contribution >= 0.6 is 0 Å². The molecule has 32 heavy (non-hydrogen) atoms. The molecule has 0 radical (unpaired) electrons. The summed E-state index contributed by atoms with van der Waals surface area (Å²) in [6.07, 6.45) is 0.738. The van der Waals surface area contributed by atoms with Crippen molar-refractivity contribution in [3.8, 4) is 22.9 Å². The maximum atomic E-state index is 14.2. The van der Waals surface area contributed by atoms with Crippen LogP contribution in [0.4, 0.5) is 26.5 Å². The van der Waals surface area contributed by atoms with E-state index in [4.69, 9.17) is 16.0 Å². The maximum absolute atomic E-state index is 14.2. The van der Waals surface area contributed by atoms with Gasteiger partial charge in [0.2, 0.25) is 0 Å². The van der Waals surface area contributed by atoms with Crippen LogP contribution in [0.25, 0.3) is 22.9 Å². The van der Waals surface area contributed by atoms with Gasteiger partial charge < -0.3 is 20.7 Å². The van der Waals surface area contributed by atoms with Crippen LogP contribution < -0.4 is 16.4 Å². The van der Waals surface area contributed by atoms with E-state index in [0.717, 1.165) is 4.90 Å². The van der Waals surface area contributed by atoms with Crippen molar-refractivity contribution in [2.24, 2.45) is 0 Å². The number of carbonyl (C=O) groups is 1. The van der Waals surface area contributed by atoms with Crippen LogP contribution in [0.5, 0.6) is 0 Å². The standard InChI is InChI=1S/C20H19FN8O3/c1-28(20(30)31-2)16-17(22)24-19(25-18(16)23)14-9-15(13-7-8-32-27-13)29(26-14)10-11-5-3-4-6-12(11)21/h3-9H,10H2,1-2H3,(H4,22,23,24,25). The molecule has 3 aromatic heterocycles. The number of amides is 1. The lowest BCUT2D eigenvalue weighted by molar-refractivity contribution is 0.180. The molecule has 0 fully saturated rings. The molecule has 0 saturated heterocycles. The van der Waals surface area contributed by atoms with Gasteiger partial charge >= 0.3 is 6.09 Å². The number of ether oxygens (including phenoxy) is 1. The number of benzene rings is 1. The molecule has 0 saturated carbocycles. The molecular weight excluding hydrogens is 419 g/mol. The lowest BCUT2D eigenvalue weighted by Crippen LogP contribution is -2.28. The number of anilines is 3. The highest BCUT2D eigenvalue weighted by atomic mass is 19.1. The van der Waals surface area contributed by atoms with Crippen LogP contribution in [0, 0.1) is 5.82 Å². The van der Waals surface area contributed by atoms with E-state index in [1.165, 1.54) is 26.5 Å². The molecule has 1 amide bonds. The highest BCUT2D eigenvalue weighted by Crippen LogP contribution is 2.31. The predicted octanol–water partition coefficient (Wildman–Crippen LogP) is 2.55. The summed E-state index contributed by atoms with van der Waals surface area (Å²) >= 11 is 0. The molecule has 0 spiro atoms. The van der Waals surface area contributed by atoms with Crippen molar-refractivity contribution in [2.45, 2.75) is 6.54 Å². The molecule has 164 valence electrons. The fraction of sp³-hybridized carbons (Fsp3) is 0.150. The van der Waals surface area contributed by atoms with Crippen LogP contribution in [-0.2, 0) is 11.3 Å². The van der Waals surface area contributed by atoms with Crippen molar-refractivity contribution >= 4 is 23.4 Å². The number of carbonyl (C=O) groups excluding carboxylic acids is 1. The fourth-order valence-electron chi connectivity index (χ4n) is 3.16. The van der Waals surface area contributed by atoms with Crippen LogP contribution in [-0.4, -0.2) is 45.2 Å². The van der Waals surface area contributed by atoms with Gasteiger partial charge in [0.1, 0.15) is 29.2 Å². The van der Waals surface area contributed by atoms with Crippen molar-refractivity contribution in [3.63, 3.8) is 0 Å². The zero-order valence-electron chi connectivity index (χ0n) is 17.2. The number of halogens is 1. The molecule has 11 nitrogen and oxygen atoms in total. The first-order valence-corrected chi connectivity index (χ1v) is 9.36. The Bertz CT molecular complexity index is 1250. The molecule has 0 unspecified atom stereocenters. The number of methoxy groups -OCH3 is 1. The van der Waals surface area contributed by atoms with Crippen LogP contribution in [0.2, 0.25) is 0 Å². The molecule has 12 heteroatoms. The summed E-state index contributed by atoms with van der Waals surface area (Å²) in [4.78, 5) is 21.4. The van der Waals surface area contributed by atoms with Crippen molar-refractivity contribution in [1.82, 2.24) is 24.9 Å². The molecule has 0 atom stereocenters. The minimum Gasteiger partial charge on any atom is -0.452 e. The molecule has 0 aliphatic heterocycles. The number of hydrogen-bond acceptors (Lipinski definition) is 9. The molecule has 4 N–H and O–H groups in total. The second-order valence-electron chi connectivity index (χ2n) is 6.74. The summed E-state index contributed by atoms with van der Waals surface area (Å²) in [6, 6.07) is 9.69. The van der Waals surface area contributed by atoms with E-state index in [1.807, 2.05) is 0 Å². The molecular formula is C20H19FN8O3. The van der Waals surface area contributed by atoms with Crippen molar-refractivity contribution in [2.75, 3.05) is 30.5 Å². The van der Waals surface area contributed by atoms with Gasteiger partial charge in [-0.15, -0.1) is 0 Å². The highest BCUT2D eigenvalue weighted by Gasteiger charge is 2.23. The van der Waals surface area contributed by atoms with Gasteiger partial charge in [0, 0.05) is 18.7 Å². The Labute approximate surface area is 181 Å². The average Bonchev–Trinajstić information content (AvgIpc) is 3.44.